The fourth-order valence-corrected chi connectivity index (χ4v) is 4.89. The van der Waals surface area contributed by atoms with Crippen molar-refractivity contribution in [2.45, 2.75) is 23.0 Å². The lowest BCUT2D eigenvalue weighted by Gasteiger charge is -2.35. The monoisotopic (exact) mass is 262 g/mol. The third-order valence-corrected chi connectivity index (χ3v) is 6.02. The summed E-state index contributed by atoms with van der Waals surface area (Å²) in [7, 11) is -3.54. The van der Waals surface area contributed by atoms with Crippen molar-refractivity contribution in [2.75, 3.05) is 0 Å². The van der Waals surface area contributed by atoms with Crippen LogP contribution in [0.1, 0.15) is 12.8 Å². The molecule has 3 aliphatic rings. The summed E-state index contributed by atoms with van der Waals surface area (Å²) in [5.41, 5.74) is 0. The van der Waals surface area contributed by atoms with Crippen LogP contribution in [0.25, 0.3) is 0 Å². The van der Waals surface area contributed by atoms with E-state index in [1.54, 1.807) is 30.3 Å². The van der Waals surface area contributed by atoms with Gasteiger partial charge in [0.15, 0.2) is 15.6 Å². The lowest BCUT2D eigenvalue weighted by atomic mass is 9.75. The first-order valence-electron chi connectivity index (χ1n) is 6.12. The Labute approximate surface area is 106 Å². The number of allylic oxidation sites excluding steroid dienone is 2. The fraction of sp³-hybridized carbons (Fsp3) is 0.357. The Hall–Kier alpha value is -1.42. The summed E-state index contributed by atoms with van der Waals surface area (Å²) in [6.07, 6.45) is 5.36. The molecule has 2 bridgehead atoms. The number of fused-ring (bicyclic) bond motifs is 2. The molecule has 0 N–H and O–H groups in total. The number of Topliss-reactive ketones (excluding diaryl/α,β-unsaturated/α-hetero) is 1. The molecule has 0 aromatic heterocycles. The lowest BCUT2D eigenvalue weighted by molar-refractivity contribution is -0.124. The minimum Gasteiger partial charge on any atom is -0.298 e. The molecule has 1 saturated carbocycles. The van der Waals surface area contributed by atoms with Crippen molar-refractivity contribution in [3.63, 3.8) is 0 Å². The van der Waals surface area contributed by atoms with Gasteiger partial charge in [0.25, 0.3) is 0 Å². The molecule has 4 heteroatoms. The highest BCUT2D eigenvalue weighted by molar-refractivity contribution is 7.92. The van der Waals surface area contributed by atoms with Crippen LogP contribution in [0.15, 0.2) is 47.4 Å². The van der Waals surface area contributed by atoms with Gasteiger partial charge in [0.05, 0.1) is 4.90 Å². The third-order valence-electron chi connectivity index (χ3n) is 3.84. The van der Waals surface area contributed by atoms with Crippen molar-refractivity contribution in [2.24, 2.45) is 11.8 Å². The largest absolute Gasteiger partial charge is 0.298 e. The number of sulfone groups is 1. The molecule has 4 rings (SSSR count). The Morgan fingerprint density at radius 2 is 1.72 bits per heavy atom. The zero-order chi connectivity index (χ0) is 12.8. The van der Waals surface area contributed by atoms with Gasteiger partial charge in [0.1, 0.15) is 5.25 Å². The van der Waals surface area contributed by atoms with Crippen LogP contribution in [0, 0.1) is 11.8 Å². The maximum atomic E-state index is 12.5. The summed E-state index contributed by atoms with van der Waals surface area (Å²) in [6, 6.07) is 8.28. The molecule has 18 heavy (non-hydrogen) atoms. The van der Waals surface area contributed by atoms with Gasteiger partial charge in [0.2, 0.25) is 0 Å². The minimum atomic E-state index is -3.54. The summed E-state index contributed by atoms with van der Waals surface area (Å²) >= 11 is 0. The number of ketones is 1. The quantitative estimate of drug-likeness (QED) is 0.766. The topological polar surface area (TPSA) is 51.2 Å². The van der Waals surface area contributed by atoms with Crippen LogP contribution in [-0.4, -0.2) is 19.5 Å². The number of rotatable bonds is 2. The van der Waals surface area contributed by atoms with Crippen molar-refractivity contribution in [1.82, 2.24) is 0 Å². The Morgan fingerprint density at radius 3 is 2.28 bits per heavy atom. The molecule has 3 aliphatic carbocycles. The van der Waals surface area contributed by atoms with Crippen LogP contribution in [0.4, 0.5) is 0 Å². The maximum absolute atomic E-state index is 12.5. The van der Waals surface area contributed by atoms with Crippen LogP contribution >= 0.6 is 0 Å². The molecule has 3 atom stereocenters. The predicted molar refractivity (Wildman–Crippen MR) is 67.8 cm³/mol. The summed E-state index contributed by atoms with van der Waals surface area (Å²) in [6.45, 7) is 0. The van der Waals surface area contributed by atoms with E-state index in [0.29, 0.717) is 0 Å². The van der Waals surface area contributed by atoms with E-state index in [1.165, 1.54) is 0 Å². The number of hydrogen-bond acceptors (Lipinski definition) is 3. The standard InChI is InChI=1S/C14H14O3S/c15-13-10-6-8-11(9-7-10)14(13)18(16,17)12-4-2-1-3-5-12/h1-6,8,10-11,14H,7,9H2/t10-,11+,14?/m1/s1. The number of carbonyl (C=O) groups excluding carboxylic acids is 1. The van der Waals surface area contributed by atoms with E-state index in [4.69, 9.17) is 0 Å². The van der Waals surface area contributed by atoms with Crippen LogP contribution in [0.2, 0.25) is 0 Å². The van der Waals surface area contributed by atoms with E-state index in [-0.39, 0.29) is 22.5 Å². The van der Waals surface area contributed by atoms with Gasteiger partial charge in [0, 0.05) is 11.8 Å². The average molecular weight is 262 g/mol. The molecular formula is C14H14O3S. The Kier molecular flexibility index (Phi) is 2.63. The smallest absolute Gasteiger partial charge is 0.188 e. The second-order valence-corrected chi connectivity index (χ2v) is 6.98. The predicted octanol–water partition coefficient (Wildman–Crippen LogP) is 1.99. The highest BCUT2D eigenvalue weighted by Crippen LogP contribution is 2.39. The van der Waals surface area contributed by atoms with Gasteiger partial charge in [-0.2, -0.15) is 0 Å². The second-order valence-electron chi connectivity index (χ2n) is 4.91. The Balaban J connectivity index is 2.06. The highest BCUT2D eigenvalue weighted by atomic mass is 32.2. The van der Waals surface area contributed by atoms with E-state index < -0.39 is 15.1 Å². The molecule has 3 nitrogen and oxygen atoms in total. The van der Waals surface area contributed by atoms with Crippen LogP contribution in [0.3, 0.4) is 0 Å². The molecule has 0 aliphatic heterocycles. The van der Waals surface area contributed by atoms with Crippen LogP contribution in [-0.2, 0) is 14.6 Å². The van der Waals surface area contributed by atoms with Gasteiger partial charge in [-0.25, -0.2) is 8.42 Å². The van der Waals surface area contributed by atoms with E-state index in [0.717, 1.165) is 12.8 Å². The normalized spacial score (nSPS) is 30.7. The molecule has 0 amide bonds. The zero-order valence-corrected chi connectivity index (χ0v) is 10.6. The van der Waals surface area contributed by atoms with Gasteiger partial charge >= 0.3 is 0 Å². The van der Waals surface area contributed by atoms with Gasteiger partial charge < -0.3 is 0 Å². The first-order chi connectivity index (χ1) is 8.60. The molecule has 1 aromatic carbocycles. The van der Waals surface area contributed by atoms with E-state index >= 15 is 0 Å². The second kappa shape index (κ2) is 4.05. The molecule has 0 heterocycles. The van der Waals surface area contributed by atoms with Crippen molar-refractivity contribution < 1.29 is 13.2 Å². The molecule has 0 radical (unpaired) electrons. The molecule has 94 valence electrons. The van der Waals surface area contributed by atoms with Gasteiger partial charge in [-0.3, -0.25) is 4.79 Å². The van der Waals surface area contributed by atoms with Gasteiger partial charge in [-0.05, 0) is 25.0 Å². The third kappa shape index (κ3) is 1.63. The van der Waals surface area contributed by atoms with Crippen LogP contribution < -0.4 is 0 Å². The molecule has 0 saturated heterocycles. The number of hydrogen-bond donors (Lipinski definition) is 0. The summed E-state index contributed by atoms with van der Waals surface area (Å²) in [4.78, 5) is 12.4. The van der Waals surface area contributed by atoms with Crippen molar-refractivity contribution >= 4 is 15.6 Å². The summed E-state index contributed by atoms with van der Waals surface area (Å²) in [5, 5.41) is -0.872. The zero-order valence-electron chi connectivity index (χ0n) is 9.82. The Morgan fingerprint density at radius 1 is 1.00 bits per heavy atom. The number of carbonyl (C=O) groups is 1. The summed E-state index contributed by atoms with van der Waals surface area (Å²) in [5.74, 6) is -0.469. The molecule has 1 aromatic rings. The van der Waals surface area contributed by atoms with Crippen molar-refractivity contribution in [1.29, 1.82) is 0 Å². The first-order valence-corrected chi connectivity index (χ1v) is 7.66. The lowest BCUT2D eigenvalue weighted by Crippen LogP contribution is -2.46. The first kappa shape index (κ1) is 11.7. The maximum Gasteiger partial charge on any atom is 0.188 e. The van der Waals surface area contributed by atoms with E-state index in [2.05, 4.69) is 0 Å². The molecule has 1 fully saturated rings. The fourth-order valence-electron chi connectivity index (χ4n) is 2.89. The van der Waals surface area contributed by atoms with Crippen LogP contribution in [0.5, 0.6) is 0 Å². The average Bonchev–Trinajstić information content (AvgIpc) is 2.40. The minimum absolute atomic E-state index is 0.127. The van der Waals surface area contributed by atoms with Gasteiger partial charge in [-0.1, -0.05) is 30.4 Å². The SMILES string of the molecule is O=C1C(S(=O)(=O)c2ccccc2)[C@H]2C=C[C@@H]1CC2. The molecule has 0 spiro atoms. The highest BCUT2D eigenvalue weighted by Gasteiger charge is 2.47. The van der Waals surface area contributed by atoms with Gasteiger partial charge in [-0.15, -0.1) is 0 Å². The van der Waals surface area contributed by atoms with E-state index in [9.17, 15) is 13.2 Å². The summed E-state index contributed by atoms with van der Waals surface area (Å²) < 4.78 is 25.1. The van der Waals surface area contributed by atoms with Crippen molar-refractivity contribution in [3.05, 3.63) is 42.5 Å². The van der Waals surface area contributed by atoms with Crippen molar-refractivity contribution in [3.8, 4) is 0 Å². The molecular weight excluding hydrogens is 248 g/mol. The van der Waals surface area contributed by atoms with E-state index in [1.807, 2.05) is 12.2 Å². The molecule has 1 unspecified atom stereocenters. The number of benzene rings is 1. The Bertz CT molecular complexity index is 601.